The molecule has 0 aliphatic carbocycles. The molecule has 0 radical (unpaired) electrons. The van der Waals surface area contributed by atoms with Gasteiger partial charge in [0.25, 0.3) is 0 Å². The fraction of sp³-hybridized carbons (Fsp3) is 0.250. The summed E-state index contributed by atoms with van der Waals surface area (Å²) in [4.78, 5) is 4.79. The molecule has 2 aromatic rings. The smallest absolute Gasteiger partial charge is 0.185 e. The lowest BCUT2D eigenvalue weighted by Gasteiger charge is -2.08. The maximum Gasteiger partial charge on any atom is 0.185 e. The molecule has 0 atom stereocenters. The van der Waals surface area contributed by atoms with Gasteiger partial charge in [0.1, 0.15) is 5.69 Å². The third kappa shape index (κ3) is 2.86. The second-order valence-corrected chi connectivity index (χ2v) is 4.97. The van der Waals surface area contributed by atoms with Gasteiger partial charge in [0, 0.05) is 17.1 Å². The molecule has 1 heterocycles. The van der Waals surface area contributed by atoms with Gasteiger partial charge in [0.05, 0.1) is 11.6 Å². The van der Waals surface area contributed by atoms with Gasteiger partial charge in [-0.25, -0.2) is 22.5 Å². The van der Waals surface area contributed by atoms with Crippen molar-refractivity contribution >= 4 is 17.0 Å². The lowest BCUT2D eigenvalue weighted by Crippen LogP contribution is -2.06. The molecular weight excluding hydrogens is 280 g/mol. The summed E-state index contributed by atoms with van der Waals surface area (Å²) >= 11 is 1.37. The lowest BCUT2D eigenvalue weighted by molar-refractivity contribution is 0.458. The molecular formula is C12H10F4N2S. The van der Waals surface area contributed by atoms with Crippen molar-refractivity contribution in [2.45, 2.75) is 19.9 Å². The zero-order valence-corrected chi connectivity index (χ0v) is 10.8. The zero-order chi connectivity index (χ0) is 14.0. The quantitative estimate of drug-likeness (QED) is 0.683. The third-order valence-corrected chi connectivity index (χ3v) is 3.60. The summed E-state index contributed by atoms with van der Waals surface area (Å²) in [6.45, 7) is 1.98. The van der Waals surface area contributed by atoms with E-state index in [1.54, 1.807) is 6.20 Å². The van der Waals surface area contributed by atoms with Crippen LogP contribution in [0.5, 0.6) is 0 Å². The second-order valence-electron chi connectivity index (χ2n) is 3.77. The molecule has 0 saturated heterocycles. The highest BCUT2D eigenvalue weighted by Gasteiger charge is 2.18. The van der Waals surface area contributed by atoms with E-state index in [0.717, 1.165) is 16.3 Å². The maximum absolute atomic E-state index is 13.4. The van der Waals surface area contributed by atoms with Gasteiger partial charge in [-0.05, 0) is 6.42 Å². The first-order chi connectivity index (χ1) is 9.02. The highest BCUT2D eigenvalue weighted by Crippen LogP contribution is 2.25. The second kappa shape index (κ2) is 5.56. The van der Waals surface area contributed by atoms with E-state index in [2.05, 4.69) is 10.3 Å². The van der Waals surface area contributed by atoms with Crippen LogP contribution in [0, 0.1) is 23.3 Å². The Hall–Kier alpha value is -1.63. The Labute approximate surface area is 111 Å². The predicted molar refractivity (Wildman–Crippen MR) is 65.1 cm³/mol. The number of thiazole rings is 1. The average Bonchev–Trinajstić information content (AvgIpc) is 2.84. The van der Waals surface area contributed by atoms with Crippen molar-refractivity contribution < 1.29 is 17.6 Å². The third-order valence-electron chi connectivity index (χ3n) is 2.46. The highest BCUT2D eigenvalue weighted by atomic mass is 32.1. The van der Waals surface area contributed by atoms with E-state index in [0.29, 0.717) is 0 Å². The largest absolute Gasteiger partial charge is 0.375 e. The first-order valence-corrected chi connectivity index (χ1v) is 6.35. The van der Waals surface area contributed by atoms with Crippen LogP contribution < -0.4 is 5.32 Å². The van der Waals surface area contributed by atoms with Gasteiger partial charge >= 0.3 is 0 Å². The molecule has 2 rings (SSSR count). The van der Waals surface area contributed by atoms with Gasteiger partial charge in [0.15, 0.2) is 23.3 Å². The molecule has 2 nitrogen and oxygen atoms in total. The van der Waals surface area contributed by atoms with Crippen molar-refractivity contribution in [1.82, 2.24) is 4.98 Å². The van der Waals surface area contributed by atoms with Gasteiger partial charge in [-0.3, -0.25) is 0 Å². The first kappa shape index (κ1) is 13.8. The molecule has 0 spiro atoms. The minimum atomic E-state index is -1.43. The summed E-state index contributed by atoms with van der Waals surface area (Å²) in [5, 5.41) is 3.23. The Balaban J connectivity index is 2.19. The van der Waals surface area contributed by atoms with Crippen LogP contribution in [-0.2, 0) is 13.0 Å². The molecule has 19 heavy (non-hydrogen) atoms. The number of nitrogens with zero attached hydrogens (tertiary/aromatic N) is 1. The Kier molecular flexibility index (Phi) is 4.04. The molecule has 1 N–H and O–H groups in total. The molecule has 7 heteroatoms. The average molecular weight is 290 g/mol. The Morgan fingerprint density at radius 3 is 2.32 bits per heavy atom. The Bertz CT molecular complexity index is 571. The van der Waals surface area contributed by atoms with Crippen LogP contribution in [-0.4, -0.2) is 4.98 Å². The van der Waals surface area contributed by atoms with E-state index in [4.69, 9.17) is 0 Å². The van der Waals surface area contributed by atoms with Crippen LogP contribution >= 0.6 is 11.3 Å². The van der Waals surface area contributed by atoms with E-state index in [-0.39, 0.29) is 12.6 Å². The van der Waals surface area contributed by atoms with Crippen LogP contribution in [0.15, 0.2) is 12.3 Å². The lowest BCUT2D eigenvalue weighted by atomic mass is 10.2. The normalized spacial score (nSPS) is 10.8. The van der Waals surface area contributed by atoms with Crippen molar-refractivity contribution in [3.63, 3.8) is 0 Å². The summed E-state index contributed by atoms with van der Waals surface area (Å²) in [5.41, 5.74) is -0.802. The molecule has 0 aliphatic rings. The van der Waals surface area contributed by atoms with E-state index in [1.807, 2.05) is 6.92 Å². The maximum atomic E-state index is 13.4. The minimum Gasteiger partial charge on any atom is -0.375 e. The summed E-state index contributed by atoms with van der Waals surface area (Å²) < 4.78 is 52.7. The number of benzene rings is 1. The van der Waals surface area contributed by atoms with Crippen LogP contribution in [0.1, 0.15) is 16.8 Å². The Morgan fingerprint density at radius 2 is 1.79 bits per heavy atom. The molecule has 102 valence electrons. The topological polar surface area (TPSA) is 24.9 Å². The number of aromatic nitrogens is 1. The molecule has 0 saturated carbocycles. The van der Waals surface area contributed by atoms with Crippen LogP contribution in [0.25, 0.3) is 0 Å². The number of hydrogen-bond acceptors (Lipinski definition) is 3. The standard InChI is InChI=1S/C12H10F4N2S/c1-2-9-17-4-6(19-9)5-18-12-10(15)7(13)3-8(14)11(12)16/h3-4,18H,2,5H2,1H3. The fourth-order valence-electron chi connectivity index (χ4n) is 1.50. The Morgan fingerprint density at radius 1 is 1.16 bits per heavy atom. The predicted octanol–water partition coefficient (Wildman–Crippen LogP) is 3.87. The molecule has 0 bridgehead atoms. The van der Waals surface area contributed by atoms with Crippen LogP contribution in [0.3, 0.4) is 0 Å². The van der Waals surface area contributed by atoms with Crippen molar-refractivity contribution in [2.75, 3.05) is 5.32 Å². The molecule has 0 amide bonds. The summed E-state index contributed by atoms with van der Waals surface area (Å²) in [5.74, 6) is -5.72. The summed E-state index contributed by atoms with van der Waals surface area (Å²) in [7, 11) is 0. The fourth-order valence-corrected chi connectivity index (χ4v) is 2.30. The summed E-state index contributed by atoms with van der Waals surface area (Å²) in [6.07, 6.45) is 2.31. The van der Waals surface area contributed by atoms with Gasteiger partial charge < -0.3 is 5.32 Å². The molecule has 1 aromatic heterocycles. The van der Waals surface area contributed by atoms with Crippen molar-refractivity contribution in [3.05, 3.63) is 45.4 Å². The highest BCUT2D eigenvalue weighted by molar-refractivity contribution is 7.11. The number of hydrogen-bond donors (Lipinski definition) is 1. The van der Waals surface area contributed by atoms with E-state index >= 15 is 0 Å². The SMILES string of the molecule is CCc1ncc(CNc2c(F)c(F)cc(F)c2F)s1. The first-order valence-electron chi connectivity index (χ1n) is 5.53. The monoisotopic (exact) mass is 290 g/mol. The van der Waals surface area contributed by atoms with Crippen molar-refractivity contribution in [1.29, 1.82) is 0 Å². The van der Waals surface area contributed by atoms with Crippen molar-refractivity contribution in [2.24, 2.45) is 0 Å². The number of aryl methyl sites for hydroxylation is 1. The van der Waals surface area contributed by atoms with Crippen molar-refractivity contribution in [3.8, 4) is 0 Å². The summed E-state index contributed by atoms with van der Waals surface area (Å²) in [6, 6.07) is 0.178. The van der Waals surface area contributed by atoms with E-state index in [1.165, 1.54) is 11.3 Å². The molecule has 0 aliphatic heterocycles. The van der Waals surface area contributed by atoms with Crippen LogP contribution in [0.4, 0.5) is 23.2 Å². The van der Waals surface area contributed by atoms with Gasteiger partial charge in [-0.2, -0.15) is 0 Å². The molecule has 0 unspecified atom stereocenters. The van der Waals surface area contributed by atoms with E-state index < -0.39 is 29.0 Å². The van der Waals surface area contributed by atoms with Gasteiger partial charge in [-0.1, -0.05) is 6.92 Å². The van der Waals surface area contributed by atoms with E-state index in [9.17, 15) is 17.6 Å². The van der Waals surface area contributed by atoms with Gasteiger partial charge in [-0.15, -0.1) is 11.3 Å². The number of halogens is 4. The van der Waals surface area contributed by atoms with Crippen LogP contribution in [0.2, 0.25) is 0 Å². The number of nitrogens with one attached hydrogen (secondary N) is 1. The zero-order valence-electron chi connectivity index (χ0n) is 9.94. The molecule has 1 aromatic carbocycles. The number of anilines is 1. The molecule has 0 fully saturated rings. The van der Waals surface area contributed by atoms with Gasteiger partial charge in [0.2, 0.25) is 0 Å². The number of rotatable bonds is 4. The minimum absolute atomic E-state index is 0.0500.